The number of ketones is 1. The van der Waals surface area contributed by atoms with Crippen molar-refractivity contribution in [2.24, 2.45) is 0 Å². The molecule has 7 heteroatoms. The zero-order valence-electron chi connectivity index (χ0n) is 15.3. The predicted octanol–water partition coefficient (Wildman–Crippen LogP) is 3.12. The fourth-order valence-electron chi connectivity index (χ4n) is 4.08. The monoisotopic (exact) mass is 429 g/mol. The van der Waals surface area contributed by atoms with E-state index in [0.717, 1.165) is 42.5 Å². The second-order valence-electron chi connectivity index (χ2n) is 7.26. The number of aromatic nitrogens is 2. The summed E-state index contributed by atoms with van der Waals surface area (Å²) in [6, 6.07) is 8.06. The van der Waals surface area contributed by atoms with Gasteiger partial charge in [0.25, 0.3) is 0 Å². The molecule has 27 heavy (non-hydrogen) atoms. The summed E-state index contributed by atoms with van der Waals surface area (Å²) in [5, 5.41) is 0. The van der Waals surface area contributed by atoms with Gasteiger partial charge < -0.3 is 10.6 Å². The van der Waals surface area contributed by atoms with Gasteiger partial charge in [-0.3, -0.25) is 9.69 Å². The number of carbonyl (C=O) groups is 1. The molecule has 1 saturated carbocycles. The lowest BCUT2D eigenvalue weighted by Crippen LogP contribution is -2.50. The number of nitrogens with two attached hydrogens (primary N) is 1. The number of hydrogen-bond acceptors (Lipinski definition) is 6. The van der Waals surface area contributed by atoms with Crippen LogP contribution in [0.2, 0.25) is 0 Å². The first-order valence-corrected chi connectivity index (χ1v) is 10.3. The molecular formula is C20H24BrN5O. The molecule has 2 aromatic heterocycles. The average molecular weight is 430 g/mol. The number of rotatable bonds is 4. The van der Waals surface area contributed by atoms with E-state index in [9.17, 15) is 4.79 Å². The highest BCUT2D eigenvalue weighted by molar-refractivity contribution is 9.10. The first-order valence-electron chi connectivity index (χ1n) is 9.53. The number of piperazine rings is 1. The number of hydrogen-bond donors (Lipinski definition) is 1. The quantitative estimate of drug-likeness (QED) is 0.752. The Hall–Kier alpha value is -1.99. The highest BCUT2D eigenvalue weighted by atomic mass is 79.9. The Bertz CT molecular complexity index is 829. The van der Waals surface area contributed by atoms with Crippen molar-refractivity contribution >= 4 is 33.3 Å². The number of anilines is 2. The van der Waals surface area contributed by atoms with Crippen LogP contribution in [-0.2, 0) is 0 Å². The second-order valence-corrected chi connectivity index (χ2v) is 8.17. The molecule has 1 aliphatic heterocycles. The largest absolute Gasteiger partial charge is 0.383 e. The first kappa shape index (κ1) is 18.4. The Morgan fingerprint density at radius 3 is 2.63 bits per heavy atom. The molecule has 2 aromatic rings. The van der Waals surface area contributed by atoms with Crippen molar-refractivity contribution in [3.05, 3.63) is 46.2 Å². The van der Waals surface area contributed by atoms with Crippen molar-refractivity contribution in [2.45, 2.75) is 31.7 Å². The average Bonchev–Trinajstić information content (AvgIpc) is 3.24. The standard InChI is InChI=1S/C20H24BrN5O/c21-14-12-16(20(22)23-13-14)19(27)17-6-3-7-18(24-17)26-10-8-25(9-11-26)15-4-1-2-5-15/h3,6-7,12-13,15H,1-2,4-5,8-11H2,(H2,22,23). The van der Waals surface area contributed by atoms with Crippen molar-refractivity contribution in [1.82, 2.24) is 14.9 Å². The third-order valence-electron chi connectivity index (χ3n) is 5.58. The van der Waals surface area contributed by atoms with Crippen LogP contribution in [0, 0.1) is 0 Å². The summed E-state index contributed by atoms with van der Waals surface area (Å²) < 4.78 is 0.722. The topological polar surface area (TPSA) is 75.3 Å². The van der Waals surface area contributed by atoms with Gasteiger partial charge in [-0.05, 0) is 47.0 Å². The number of carbonyl (C=O) groups excluding carboxylic acids is 1. The minimum Gasteiger partial charge on any atom is -0.383 e. The maximum absolute atomic E-state index is 12.9. The van der Waals surface area contributed by atoms with Gasteiger partial charge in [-0.25, -0.2) is 9.97 Å². The van der Waals surface area contributed by atoms with Crippen LogP contribution in [0.15, 0.2) is 34.9 Å². The van der Waals surface area contributed by atoms with Gasteiger partial charge in [-0.2, -0.15) is 0 Å². The SMILES string of the molecule is Nc1ncc(Br)cc1C(=O)c1cccc(N2CCN(C3CCCC3)CC2)n1. The normalized spacial score (nSPS) is 18.8. The minimum atomic E-state index is -0.201. The molecule has 0 aromatic carbocycles. The molecule has 1 saturated heterocycles. The summed E-state index contributed by atoms with van der Waals surface area (Å²) >= 11 is 3.34. The fourth-order valence-corrected chi connectivity index (χ4v) is 4.41. The van der Waals surface area contributed by atoms with Gasteiger partial charge in [-0.15, -0.1) is 0 Å². The molecule has 4 rings (SSSR count). The lowest BCUT2D eigenvalue weighted by atomic mass is 10.1. The molecule has 0 spiro atoms. The third kappa shape index (κ3) is 3.99. The maximum atomic E-state index is 12.9. The Labute approximate surface area is 167 Å². The van der Waals surface area contributed by atoms with Crippen LogP contribution in [0.25, 0.3) is 0 Å². The van der Waals surface area contributed by atoms with Crippen LogP contribution in [-0.4, -0.2) is 52.9 Å². The van der Waals surface area contributed by atoms with Crippen LogP contribution in [0.1, 0.15) is 41.7 Å². The zero-order valence-corrected chi connectivity index (χ0v) is 16.9. The summed E-state index contributed by atoms with van der Waals surface area (Å²) in [4.78, 5) is 26.4. The van der Waals surface area contributed by atoms with E-state index >= 15 is 0 Å². The van der Waals surface area contributed by atoms with E-state index in [1.807, 2.05) is 12.1 Å². The highest BCUT2D eigenvalue weighted by Gasteiger charge is 2.27. The van der Waals surface area contributed by atoms with Gasteiger partial charge in [0, 0.05) is 42.9 Å². The van der Waals surface area contributed by atoms with E-state index in [-0.39, 0.29) is 11.6 Å². The molecule has 2 aliphatic rings. The van der Waals surface area contributed by atoms with Gasteiger partial charge in [0.1, 0.15) is 17.3 Å². The summed E-state index contributed by atoms with van der Waals surface area (Å²) in [5.41, 5.74) is 6.66. The molecule has 1 aliphatic carbocycles. The predicted molar refractivity (Wildman–Crippen MR) is 110 cm³/mol. The molecule has 0 bridgehead atoms. The molecule has 0 atom stereocenters. The third-order valence-corrected chi connectivity index (χ3v) is 6.01. The Kier molecular flexibility index (Phi) is 5.41. The van der Waals surface area contributed by atoms with Crippen molar-refractivity contribution in [3.8, 4) is 0 Å². The molecule has 2 fully saturated rings. The lowest BCUT2D eigenvalue weighted by Gasteiger charge is -2.38. The van der Waals surface area contributed by atoms with Crippen LogP contribution >= 0.6 is 15.9 Å². The summed E-state index contributed by atoms with van der Waals surface area (Å²) in [5.74, 6) is 0.877. The molecule has 0 radical (unpaired) electrons. The molecule has 0 amide bonds. The van der Waals surface area contributed by atoms with Crippen molar-refractivity contribution in [2.75, 3.05) is 36.8 Å². The van der Waals surface area contributed by atoms with Gasteiger partial charge in [-0.1, -0.05) is 18.9 Å². The van der Waals surface area contributed by atoms with Crippen molar-refractivity contribution in [3.63, 3.8) is 0 Å². The molecule has 6 nitrogen and oxygen atoms in total. The summed E-state index contributed by atoms with van der Waals surface area (Å²) in [6.07, 6.45) is 6.99. The Balaban J connectivity index is 1.48. The molecule has 2 N–H and O–H groups in total. The first-order chi connectivity index (χ1) is 13.1. The highest BCUT2D eigenvalue weighted by Crippen LogP contribution is 2.26. The van der Waals surface area contributed by atoms with Crippen LogP contribution in [0.3, 0.4) is 0 Å². The van der Waals surface area contributed by atoms with Gasteiger partial charge in [0.05, 0.1) is 5.56 Å². The van der Waals surface area contributed by atoms with E-state index in [2.05, 4.69) is 35.7 Å². The van der Waals surface area contributed by atoms with E-state index < -0.39 is 0 Å². The molecular weight excluding hydrogens is 406 g/mol. The summed E-state index contributed by atoms with van der Waals surface area (Å²) in [6.45, 7) is 4.02. The Morgan fingerprint density at radius 2 is 1.89 bits per heavy atom. The Morgan fingerprint density at radius 1 is 1.15 bits per heavy atom. The van der Waals surface area contributed by atoms with Crippen LogP contribution in [0.5, 0.6) is 0 Å². The fraction of sp³-hybridized carbons (Fsp3) is 0.450. The summed E-state index contributed by atoms with van der Waals surface area (Å²) in [7, 11) is 0. The molecule has 0 unspecified atom stereocenters. The lowest BCUT2D eigenvalue weighted by molar-refractivity contribution is 0.103. The van der Waals surface area contributed by atoms with E-state index in [1.54, 1.807) is 18.3 Å². The van der Waals surface area contributed by atoms with Gasteiger partial charge in [0.15, 0.2) is 0 Å². The van der Waals surface area contributed by atoms with Crippen molar-refractivity contribution in [1.29, 1.82) is 0 Å². The molecule has 142 valence electrons. The number of halogens is 1. The number of nitrogen functional groups attached to an aromatic ring is 1. The smallest absolute Gasteiger partial charge is 0.215 e. The second kappa shape index (κ2) is 7.94. The minimum absolute atomic E-state index is 0.201. The molecule has 3 heterocycles. The van der Waals surface area contributed by atoms with Crippen molar-refractivity contribution < 1.29 is 4.79 Å². The van der Waals surface area contributed by atoms with Crippen LogP contribution < -0.4 is 10.6 Å². The maximum Gasteiger partial charge on any atom is 0.215 e. The number of pyridine rings is 2. The van der Waals surface area contributed by atoms with Gasteiger partial charge >= 0.3 is 0 Å². The number of nitrogens with zero attached hydrogens (tertiary/aromatic N) is 4. The van der Waals surface area contributed by atoms with E-state index in [0.29, 0.717) is 11.3 Å². The van der Waals surface area contributed by atoms with Gasteiger partial charge in [0.2, 0.25) is 5.78 Å². The van der Waals surface area contributed by atoms with Crippen LogP contribution in [0.4, 0.5) is 11.6 Å². The zero-order chi connectivity index (χ0) is 18.8. The van der Waals surface area contributed by atoms with E-state index in [1.165, 1.54) is 25.7 Å². The van der Waals surface area contributed by atoms with E-state index in [4.69, 9.17) is 5.73 Å².